The molecule has 0 spiro atoms. The summed E-state index contributed by atoms with van der Waals surface area (Å²) in [6, 6.07) is 0. The van der Waals surface area contributed by atoms with Crippen LogP contribution in [0.15, 0.2) is 0 Å². The number of hydrogen-bond donors (Lipinski definition) is 0. The lowest BCUT2D eigenvalue weighted by molar-refractivity contribution is -0.147. The van der Waals surface area contributed by atoms with Gasteiger partial charge in [-0.05, 0) is 12.8 Å². The van der Waals surface area contributed by atoms with Crippen molar-refractivity contribution < 1.29 is 14.3 Å². The van der Waals surface area contributed by atoms with Gasteiger partial charge >= 0.3 is 5.97 Å². The second-order valence-corrected chi connectivity index (χ2v) is 3.63. The second kappa shape index (κ2) is 3.25. The zero-order valence-corrected chi connectivity index (χ0v) is 7.66. The molecule has 1 aliphatic rings. The average molecular weight is 170 g/mol. The Labute approximate surface area is 72.1 Å². The maximum atomic E-state index is 11.0. The van der Waals surface area contributed by atoms with E-state index in [0.29, 0.717) is 12.3 Å². The molecule has 0 amide bonds. The van der Waals surface area contributed by atoms with Crippen molar-refractivity contribution in [2.75, 3.05) is 0 Å². The Kier molecular flexibility index (Phi) is 2.50. The summed E-state index contributed by atoms with van der Waals surface area (Å²) in [7, 11) is 0. The van der Waals surface area contributed by atoms with E-state index in [9.17, 15) is 9.59 Å². The number of Topliss-reactive ketones (excluding diaryl/α,β-unsaturated/α-hetero) is 1. The molecule has 0 aromatic rings. The summed E-state index contributed by atoms with van der Waals surface area (Å²) in [4.78, 5) is 21.9. The highest BCUT2D eigenvalue weighted by molar-refractivity contribution is 5.86. The van der Waals surface area contributed by atoms with Crippen LogP contribution in [-0.2, 0) is 14.3 Å². The van der Waals surface area contributed by atoms with E-state index in [4.69, 9.17) is 4.74 Å². The lowest BCUT2D eigenvalue weighted by Crippen LogP contribution is -2.27. The molecule has 3 heteroatoms. The SMILES string of the molecule is CC(=O)[C@@H]1OC(=O)C[C@@H]1C(C)C. The number of carbonyl (C=O) groups excluding carboxylic acids is 2. The normalized spacial score (nSPS) is 29.2. The van der Waals surface area contributed by atoms with Crippen molar-refractivity contribution in [2.24, 2.45) is 11.8 Å². The number of esters is 1. The standard InChI is InChI=1S/C9H14O3/c1-5(2)7-4-8(11)12-9(7)6(3)10/h5,7,9H,4H2,1-3H3/t7-,9+/m1/s1. The molecule has 0 aliphatic carbocycles. The largest absolute Gasteiger partial charge is 0.454 e. The third kappa shape index (κ3) is 1.65. The van der Waals surface area contributed by atoms with Crippen molar-refractivity contribution in [3.63, 3.8) is 0 Å². The van der Waals surface area contributed by atoms with Crippen LogP contribution in [0.25, 0.3) is 0 Å². The van der Waals surface area contributed by atoms with Gasteiger partial charge < -0.3 is 4.74 Å². The second-order valence-electron chi connectivity index (χ2n) is 3.63. The molecule has 0 radical (unpaired) electrons. The van der Waals surface area contributed by atoms with Crippen molar-refractivity contribution >= 4 is 11.8 Å². The van der Waals surface area contributed by atoms with Crippen molar-refractivity contribution in [1.82, 2.24) is 0 Å². The Morgan fingerprint density at radius 1 is 1.58 bits per heavy atom. The monoisotopic (exact) mass is 170 g/mol. The van der Waals surface area contributed by atoms with Gasteiger partial charge in [-0.3, -0.25) is 9.59 Å². The van der Waals surface area contributed by atoms with Crippen LogP contribution in [0, 0.1) is 11.8 Å². The first-order chi connectivity index (χ1) is 5.52. The lowest BCUT2D eigenvalue weighted by Gasteiger charge is -2.17. The highest BCUT2D eigenvalue weighted by Gasteiger charge is 2.39. The van der Waals surface area contributed by atoms with Gasteiger partial charge in [0, 0.05) is 5.92 Å². The van der Waals surface area contributed by atoms with Gasteiger partial charge in [-0.15, -0.1) is 0 Å². The number of carbonyl (C=O) groups is 2. The van der Waals surface area contributed by atoms with Gasteiger partial charge in [0.2, 0.25) is 0 Å². The molecule has 0 unspecified atom stereocenters. The summed E-state index contributed by atoms with van der Waals surface area (Å²) < 4.78 is 4.91. The first kappa shape index (κ1) is 9.23. The van der Waals surface area contributed by atoms with Crippen LogP contribution >= 0.6 is 0 Å². The number of hydrogen-bond acceptors (Lipinski definition) is 3. The summed E-state index contributed by atoms with van der Waals surface area (Å²) in [5, 5.41) is 0. The van der Waals surface area contributed by atoms with Crippen LogP contribution < -0.4 is 0 Å². The molecule has 68 valence electrons. The van der Waals surface area contributed by atoms with E-state index in [-0.39, 0.29) is 17.7 Å². The van der Waals surface area contributed by atoms with E-state index in [0.717, 1.165) is 0 Å². The van der Waals surface area contributed by atoms with Gasteiger partial charge in [-0.1, -0.05) is 13.8 Å². The number of rotatable bonds is 2. The zero-order valence-electron chi connectivity index (χ0n) is 7.66. The van der Waals surface area contributed by atoms with Crippen LogP contribution in [0.3, 0.4) is 0 Å². The van der Waals surface area contributed by atoms with Gasteiger partial charge in [0.1, 0.15) is 0 Å². The number of cyclic esters (lactones) is 1. The minimum absolute atomic E-state index is 0.0421. The number of ketones is 1. The molecule has 12 heavy (non-hydrogen) atoms. The van der Waals surface area contributed by atoms with E-state index in [1.54, 1.807) is 0 Å². The smallest absolute Gasteiger partial charge is 0.306 e. The predicted molar refractivity (Wildman–Crippen MR) is 43.5 cm³/mol. The van der Waals surface area contributed by atoms with Crippen LogP contribution in [0.2, 0.25) is 0 Å². The topological polar surface area (TPSA) is 43.4 Å². The van der Waals surface area contributed by atoms with E-state index in [1.165, 1.54) is 6.92 Å². The van der Waals surface area contributed by atoms with Crippen LogP contribution in [-0.4, -0.2) is 17.9 Å². The molecule has 0 bridgehead atoms. The zero-order chi connectivity index (χ0) is 9.30. The van der Waals surface area contributed by atoms with Gasteiger partial charge in [0.25, 0.3) is 0 Å². The molecule has 1 saturated heterocycles. The molecule has 0 aromatic heterocycles. The van der Waals surface area contributed by atoms with Crippen molar-refractivity contribution in [2.45, 2.75) is 33.3 Å². The maximum absolute atomic E-state index is 11.0. The molecular weight excluding hydrogens is 156 g/mol. The number of ether oxygens (including phenoxy) is 1. The fourth-order valence-electron chi connectivity index (χ4n) is 1.55. The van der Waals surface area contributed by atoms with Crippen molar-refractivity contribution in [3.8, 4) is 0 Å². The average Bonchev–Trinajstić information content (AvgIpc) is 2.31. The van der Waals surface area contributed by atoms with Crippen LogP contribution in [0.1, 0.15) is 27.2 Å². The first-order valence-corrected chi connectivity index (χ1v) is 4.22. The summed E-state index contributed by atoms with van der Waals surface area (Å²) in [6.45, 7) is 5.48. The highest BCUT2D eigenvalue weighted by atomic mass is 16.6. The molecular formula is C9H14O3. The minimum atomic E-state index is -0.488. The summed E-state index contributed by atoms with van der Waals surface area (Å²) in [5.74, 6) is 0.119. The third-order valence-corrected chi connectivity index (χ3v) is 2.31. The Bertz CT molecular complexity index is 208. The Morgan fingerprint density at radius 2 is 2.17 bits per heavy atom. The molecule has 2 atom stereocenters. The van der Waals surface area contributed by atoms with Gasteiger partial charge in [-0.25, -0.2) is 0 Å². The quantitative estimate of drug-likeness (QED) is 0.584. The first-order valence-electron chi connectivity index (χ1n) is 4.22. The van der Waals surface area contributed by atoms with Crippen molar-refractivity contribution in [3.05, 3.63) is 0 Å². The molecule has 0 N–H and O–H groups in total. The molecule has 1 rings (SSSR count). The van der Waals surface area contributed by atoms with Crippen LogP contribution in [0.5, 0.6) is 0 Å². The van der Waals surface area contributed by atoms with E-state index in [1.807, 2.05) is 13.8 Å². The fraction of sp³-hybridized carbons (Fsp3) is 0.778. The van der Waals surface area contributed by atoms with E-state index >= 15 is 0 Å². The molecule has 0 aromatic carbocycles. The Balaban J connectivity index is 2.72. The maximum Gasteiger partial charge on any atom is 0.306 e. The van der Waals surface area contributed by atoms with E-state index in [2.05, 4.69) is 0 Å². The van der Waals surface area contributed by atoms with Gasteiger partial charge in [0.05, 0.1) is 6.42 Å². The Hall–Kier alpha value is -0.860. The molecule has 1 fully saturated rings. The van der Waals surface area contributed by atoms with Gasteiger partial charge in [-0.2, -0.15) is 0 Å². The Morgan fingerprint density at radius 3 is 2.50 bits per heavy atom. The highest BCUT2D eigenvalue weighted by Crippen LogP contribution is 2.29. The lowest BCUT2D eigenvalue weighted by atomic mass is 9.88. The molecule has 0 saturated carbocycles. The summed E-state index contributed by atoms with van der Waals surface area (Å²) in [5.41, 5.74) is 0. The summed E-state index contributed by atoms with van der Waals surface area (Å²) in [6.07, 6.45) is -0.0976. The van der Waals surface area contributed by atoms with E-state index < -0.39 is 6.10 Å². The van der Waals surface area contributed by atoms with Gasteiger partial charge in [0.15, 0.2) is 11.9 Å². The predicted octanol–water partition coefficient (Wildman–Crippen LogP) is 1.16. The minimum Gasteiger partial charge on any atom is -0.454 e. The van der Waals surface area contributed by atoms with Crippen LogP contribution in [0.4, 0.5) is 0 Å². The molecule has 3 nitrogen and oxygen atoms in total. The fourth-order valence-corrected chi connectivity index (χ4v) is 1.55. The molecule has 1 heterocycles. The summed E-state index contributed by atoms with van der Waals surface area (Å²) >= 11 is 0. The third-order valence-electron chi connectivity index (χ3n) is 2.31. The molecule has 1 aliphatic heterocycles. The van der Waals surface area contributed by atoms with Crippen molar-refractivity contribution in [1.29, 1.82) is 0 Å².